The second-order valence-electron chi connectivity index (χ2n) is 10.1. The molecule has 1 fully saturated rings. The van der Waals surface area contributed by atoms with Crippen molar-refractivity contribution in [2.75, 3.05) is 12.8 Å². The maximum atomic E-state index is 13.3. The summed E-state index contributed by atoms with van der Waals surface area (Å²) in [5.41, 5.74) is -1.76. The summed E-state index contributed by atoms with van der Waals surface area (Å²) in [5, 5.41) is 26.9. The summed E-state index contributed by atoms with van der Waals surface area (Å²) in [6.07, 6.45) is -6.25. The van der Waals surface area contributed by atoms with Crippen LogP contribution in [0.1, 0.15) is 67.6 Å². The number of hydrogen-bond acceptors (Lipinski definition) is 7. The average molecular weight is 632 g/mol. The lowest BCUT2D eigenvalue weighted by atomic mass is 9.84. The van der Waals surface area contributed by atoms with Crippen molar-refractivity contribution in [3.63, 3.8) is 0 Å². The number of aryl methyl sites for hydroxylation is 1. The topological polar surface area (TPSA) is 131 Å². The number of aliphatic hydroxyl groups excluding tert-OH is 1. The number of nitrogens with one attached hydrogen (secondary N) is 1. The molecule has 16 heteroatoms. The molecular weight excluding hydrogens is 601 g/mol. The second-order valence-corrected chi connectivity index (χ2v) is 12.8. The molecule has 41 heavy (non-hydrogen) atoms. The normalized spacial score (nSPS) is 20.7. The summed E-state index contributed by atoms with van der Waals surface area (Å²) in [6.45, 7) is -1.77. The predicted molar refractivity (Wildman–Crippen MR) is 140 cm³/mol. The number of amides is 1. The number of carbonyl (C=O) groups is 1. The minimum absolute atomic E-state index is 0.0127. The smallest absolute Gasteiger partial charge is 0.389 e. The van der Waals surface area contributed by atoms with Crippen molar-refractivity contribution in [1.82, 2.24) is 15.1 Å². The van der Waals surface area contributed by atoms with Gasteiger partial charge in [-0.2, -0.15) is 27.1 Å². The molecule has 1 saturated carbocycles. The van der Waals surface area contributed by atoms with Gasteiger partial charge < -0.3 is 20.3 Å². The van der Waals surface area contributed by atoms with Crippen LogP contribution >= 0.6 is 11.6 Å². The number of alkyl halides is 5. The summed E-state index contributed by atoms with van der Waals surface area (Å²) in [6, 6.07) is 3.44. The average Bonchev–Trinajstić information content (AvgIpc) is 3.20. The van der Waals surface area contributed by atoms with E-state index in [1.165, 1.54) is 16.8 Å². The third kappa shape index (κ3) is 8.52. The van der Waals surface area contributed by atoms with Crippen LogP contribution < -0.4 is 10.1 Å². The van der Waals surface area contributed by atoms with E-state index in [0.717, 1.165) is 12.3 Å². The molecule has 0 spiro atoms. The van der Waals surface area contributed by atoms with Crippen molar-refractivity contribution in [3.8, 4) is 17.0 Å². The van der Waals surface area contributed by atoms with Gasteiger partial charge in [0.1, 0.15) is 15.6 Å². The van der Waals surface area contributed by atoms with Crippen LogP contribution in [0, 0.1) is 0 Å². The van der Waals surface area contributed by atoms with Crippen LogP contribution in [0.15, 0.2) is 18.2 Å². The molecule has 1 unspecified atom stereocenters. The van der Waals surface area contributed by atoms with E-state index in [2.05, 4.69) is 15.2 Å². The highest BCUT2D eigenvalue weighted by atomic mass is 35.5. The molecule has 3 N–H and O–H groups in total. The van der Waals surface area contributed by atoms with Gasteiger partial charge in [0.05, 0.1) is 27.7 Å². The predicted octanol–water partition coefficient (Wildman–Crippen LogP) is 4.65. The van der Waals surface area contributed by atoms with Crippen molar-refractivity contribution < 1.29 is 50.1 Å². The molecule has 9 nitrogen and oxygen atoms in total. The van der Waals surface area contributed by atoms with Gasteiger partial charge in [-0.25, -0.2) is 8.42 Å². The maximum absolute atomic E-state index is 13.3. The number of sulfone groups is 1. The van der Waals surface area contributed by atoms with E-state index in [1.54, 1.807) is 6.92 Å². The van der Waals surface area contributed by atoms with E-state index in [0.29, 0.717) is 0 Å². The number of ether oxygens (including phenoxy) is 1. The van der Waals surface area contributed by atoms with Crippen LogP contribution in [0.25, 0.3) is 11.3 Å². The monoisotopic (exact) mass is 631 g/mol. The molecule has 0 radical (unpaired) electrons. The van der Waals surface area contributed by atoms with Gasteiger partial charge >= 0.3 is 12.8 Å². The van der Waals surface area contributed by atoms with Gasteiger partial charge in [-0.1, -0.05) is 17.7 Å². The van der Waals surface area contributed by atoms with Gasteiger partial charge in [0.25, 0.3) is 5.91 Å². The first-order chi connectivity index (χ1) is 18.9. The Labute approximate surface area is 238 Å². The summed E-state index contributed by atoms with van der Waals surface area (Å²) >= 11 is 6.48. The molecule has 0 saturated heterocycles. The highest BCUT2D eigenvalue weighted by Crippen LogP contribution is 2.40. The molecule has 1 aromatic heterocycles. The molecule has 1 aliphatic carbocycles. The molecule has 0 bridgehead atoms. The van der Waals surface area contributed by atoms with Crippen LogP contribution in [-0.4, -0.2) is 70.8 Å². The van der Waals surface area contributed by atoms with Gasteiger partial charge in [0.15, 0.2) is 5.69 Å². The van der Waals surface area contributed by atoms with Crippen LogP contribution in [0.2, 0.25) is 5.02 Å². The first-order valence-corrected chi connectivity index (χ1v) is 15.1. The summed E-state index contributed by atoms with van der Waals surface area (Å²) in [5.74, 6) is -1.28. The maximum Gasteiger partial charge on any atom is 0.389 e. The highest BCUT2D eigenvalue weighted by molar-refractivity contribution is 7.91. The lowest BCUT2D eigenvalue weighted by Gasteiger charge is -2.35. The van der Waals surface area contributed by atoms with Gasteiger partial charge in [-0.05, 0) is 56.7 Å². The van der Waals surface area contributed by atoms with Crippen molar-refractivity contribution in [2.24, 2.45) is 0 Å². The third-order valence-electron chi connectivity index (χ3n) is 7.02. The van der Waals surface area contributed by atoms with Crippen LogP contribution in [0.3, 0.4) is 0 Å². The first kappa shape index (κ1) is 33.0. The summed E-state index contributed by atoms with van der Waals surface area (Å²) in [7, 11) is -3.26. The zero-order chi connectivity index (χ0) is 30.8. The summed E-state index contributed by atoms with van der Waals surface area (Å²) in [4.78, 5) is 13.0. The van der Waals surface area contributed by atoms with E-state index in [1.807, 2.05) is 0 Å². The Morgan fingerprint density at radius 3 is 2.46 bits per heavy atom. The van der Waals surface area contributed by atoms with Crippen LogP contribution in [0.4, 0.5) is 22.0 Å². The zero-order valence-electron chi connectivity index (χ0n) is 22.2. The van der Waals surface area contributed by atoms with Gasteiger partial charge in [0.2, 0.25) is 0 Å². The molecule has 230 valence electrons. The first-order valence-electron chi connectivity index (χ1n) is 12.7. The molecule has 1 aliphatic rings. The number of rotatable bonds is 11. The van der Waals surface area contributed by atoms with Crippen molar-refractivity contribution in [3.05, 3.63) is 34.5 Å². The number of aliphatic hydroxyl groups is 2. The third-order valence-corrected chi connectivity index (χ3v) is 9.06. The highest BCUT2D eigenvalue weighted by Gasteiger charge is 2.37. The molecule has 0 aliphatic heterocycles. The molecule has 3 rings (SSSR count). The Hall–Kier alpha value is -2.49. The standard InChI is InChI=1S/C25H31ClF5N3O6S/c1-3-34-21(16-5-4-14(12-18(16)40-23(27)28)17(35)8-11-25(29,30)31)19(26)20(33-34)22(36)32-13-24(37)9-6-15(7-10-24)41(2,38)39/h4-5,12,15,17,23,35,37H,3,6-11,13H2,1-2H3,(H,32,36). The minimum atomic E-state index is -4.52. The van der Waals surface area contributed by atoms with E-state index >= 15 is 0 Å². The van der Waals surface area contributed by atoms with Crippen molar-refractivity contribution >= 4 is 27.3 Å². The van der Waals surface area contributed by atoms with E-state index < -0.39 is 64.1 Å². The molecule has 1 amide bonds. The van der Waals surface area contributed by atoms with E-state index in [-0.39, 0.29) is 66.3 Å². The van der Waals surface area contributed by atoms with E-state index in [9.17, 15) is 45.4 Å². The van der Waals surface area contributed by atoms with Gasteiger partial charge in [0, 0.05) is 31.3 Å². The largest absolute Gasteiger partial charge is 0.434 e. The Morgan fingerprint density at radius 2 is 1.93 bits per heavy atom. The minimum Gasteiger partial charge on any atom is -0.434 e. The number of hydrogen-bond donors (Lipinski definition) is 3. The number of aromatic nitrogens is 2. The lowest BCUT2D eigenvalue weighted by molar-refractivity contribution is -0.140. The zero-order valence-corrected chi connectivity index (χ0v) is 23.8. The molecule has 1 aromatic carbocycles. The van der Waals surface area contributed by atoms with Crippen molar-refractivity contribution in [2.45, 2.75) is 81.7 Å². The van der Waals surface area contributed by atoms with Crippen LogP contribution in [-0.2, 0) is 16.4 Å². The van der Waals surface area contributed by atoms with Crippen LogP contribution in [0.5, 0.6) is 5.75 Å². The Bertz CT molecular complexity index is 1340. The fourth-order valence-electron chi connectivity index (χ4n) is 4.74. The number of carbonyl (C=O) groups excluding carboxylic acids is 1. The lowest BCUT2D eigenvalue weighted by Crippen LogP contribution is -2.47. The Balaban J connectivity index is 1.85. The van der Waals surface area contributed by atoms with Gasteiger partial charge in [-0.15, -0.1) is 0 Å². The number of nitrogens with zero attached hydrogens (tertiary/aromatic N) is 2. The quantitative estimate of drug-likeness (QED) is 0.308. The van der Waals surface area contributed by atoms with Gasteiger partial charge in [-0.3, -0.25) is 9.48 Å². The number of benzene rings is 1. The van der Waals surface area contributed by atoms with E-state index in [4.69, 9.17) is 11.6 Å². The molecular formula is C25H31ClF5N3O6S. The fourth-order valence-corrected chi connectivity index (χ4v) is 6.15. The Morgan fingerprint density at radius 1 is 1.29 bits per heavy atom. The summed E-state index contributed by atoms with van der Waals surface area (Å²) < 4.78 is 93.7. The number of halogens is 6. The molecule has 1 atom stereocenters. The Kier molecular flexibility index (Phi) is 10.3. The fraction of sp³-hybridized carbons (Fsp3) is 0.600. The van der Waals surface area contributed by atoms with Crippen molar-refractivity contribution in [1.29, 1.82) is 0 Å². The SMILES string of the molecule is CCn1nc(C(=O)NCC2(O)CCC(S(C)(=O)=O)CC2)c(Cl)c1-c1ccc(C(O)CCC(F)(F)F)cc1OC(F)F. The molecule has 2 aromatic rings. The molecule has 1 heterocycles. The second kappa shape index (κ2) is 12.8.